The molecule has 3 rings (SSSR count). The van der Waals surface area contributed by atoms with Crippen LogP contribution in [0.15, 0.2) is 58.0 Å². The van der Waals surface area contributed by atoms with Gasteiger partial charge < -0.3 is 18.9 Å². The lowest BCUT2D eigenvalue weighted by atomic mass is 10.0. The summed E-state index contributed by atoms with van der Waals surface area (Å²) >= 11 is 7.06. The topological polar surface area (TPSA) is 88.9 Å². The lowest BCUT2D eigenvalue weighted by Crippen LogP contribution is -2.15. The Morgan fingerprint density at radius 1 is 1.06 bits per heavy atom. The first kappa shape index (κ1) is 24.5. The Morgan fingerprint density at radius 3 is 2.30 bits per heavy atom. The van der Waals surface area contributed by atoms with Crippen molar-refractivity contribution in [2.75, 3.05) is 27.9 Å². The molecule has 10 heteroatoms. The third kappa shape index (κ3) is 4.67. The standard InChI is InChI=1S/C23H20Br2N2O6/c1-5-11-33-21-15(30-2)12-14(17(24)18(21)25)19-16(22(28)31-3)20(23(29)32-4)27(26-19)13-9-7-6-8-10-13/h5-10,12H,1,11H2,2-4H3. The molecule has 0 fully saturated rings. The number of rotatable bonds is 8. The first-order chi connectivity index (χ1) is 15.9. The van der Waals surface area contributed by atoms with Gasteiger partial charge in [0.05, 0.1) is 31.5 Å². The van der Waals surface area contributed by atoms with E-state index < -0.39 is 11.9 Å². The van der Waals surface area contributed by atoms with E-state index in [0.29, 0.717) is 31.7 Å². The van der Waals surface area contributed by atoms with Crippen LogP contribution >= 0.6 is 31.9 Å². The molecule has 0 aliphatic heterocycles. The molecule has 0 amide bonds. The number of carbonyl (C=O) groups excluding carboxylic acids is 2. The van der Waals surface area contributed by atoms with Crippen molar-refractivity contribution >= 4 is 43.8 Å². The molecule has 3 aromatic rings. The van der Waals surface area contributed by atoms with Gasteiger partial charge in [-0.05, 0) is 50.1 Å². The minimum Gasteiger partial charge on any atom is -0.493 e. The summed E-state index contributed by atoms with van der Waals surface area (Å²) in [6, 6.07) is 10.6. The Bertz CT molecular complexity index is 1210. The van der Waals surface area contributed by atoms with E-state index in [1.54, 1.807) is 36.4 Å². The van der Waals surface area contributed by atoms with Crippen LogP contribution in [-0.2, 0) is 9.47 Å². The summed E-state index contributed by atoms with van der Waals surface area (Å²) in [7, 11) is 3.95. The molecular formula is C23H20Br2N2O6. The molecule has 0 atom stereocenters. The number of aromatic nitrogens is 2. The molecule has 0 saturated carbocycles. The second kappa shape index (κ2) is 10.7. The Balaban J connectivity index is 2.39. The van der Waals surface area contributed by atoms with Gasteiger partial charge >= 0.3 is 11.9 Å². The number of benzene rings is 2. The number of esters is 2. The summed E-state index contributed by atoms with van der Waals surface area (Å²) in [6.45, 7) is 3.91. The second-order valence-electron chi connectivity index (χ2n) is 6.49. The number of hydrogen-bond acceptors (Lipinski definition) is 7. The van der Waals surface area contributed by atoms with Gasteiger partial charge in [-0.2, -0.15) is 5.10 Å². The van der Waals surface area contributed by atoms with Crippen LogP contribution in [0.3, 0.4) is 0 Å². The minimum absolute atomic E-state index is 0.0531. The Hall–Kier alpha value is -3.11. The third-order valence-corrected chi connectivity index (χ3v) is 6.72. The number of para-hydroxylation sites is 1. The number of methoxy groups -OCH3 is 3. The molecule has 0 bridgehead atoms. The number of halogens is 2. The average Bonchev–Trinajstić information content (AvgIpc) is 3.24. The smallest absolute Gasteiger partial charge is 0.357 e. The zero-order chi connectivity index (χ0) is 24.1. The van der Waals surface area contributed by atoms with Crippen LogP contribution in [0.5, 0.6) is 11.5 Å². The van der Waals surface area contributed by atoms with Gasteiger partial charge in [-0.3, -0.25) is 0 Å². The van der Waals surface area contributed by atoms with E-state index >= 15 is 0 Å². The number of carbonyl (C=O) groups is 2. The molecule has 0 radical (unpaired) electrons. The van der Waals surface area contributed by atoms with Crippen LogP contribution in [-0.4, -0.2) is 49.7 Å². The van der Waals surface area contributed by atoms with Crippen LogP contribution in [0.2, 0.25) is 0 Å². The number of hydrogen-bond donors (Lipinski definition) is 0. The summed E-state index contributed by atoms with van der Waals surface area (Å²) in [5.41, 5.74) is 1.08. The Kier molecular flexibility index (Phi) is 7.93. The van der Waals surface area contributed by atoms with Crippen LogP contribution in [0, 0.1) is 0 Å². The molecule has 0 aliphatic rings. The van der Waals surface area contributed by atoms with E-state index in [0.717, 1.165) is 0 Å². The summed E-state index contributed by atoms with van der Waals surface area (Å²) in [6.07, 6.45) is 1.60. The maximum Gasteiger partial charge on any atom is 0.357 e. The van der Waals surface area contributed by atoms with Crippen LogP contribution in [0.25, 0.3) is 16.9 Å². The van der Waals surface area contributed by atoms with Crippen LogP contribution < -0.4 is 9.47 Å². The summed E-state index contributed by atoms with van der Waals surface area (Å²) in [4.78, 5) is 25.6. The van der Waals surface area contributed by atoms with Gasteiger partial charge in [-0.25, -0.2) is 14.3 Å². The molecule has 1 aromatic heterocycles. The summed E-state index contributed by atoms with van der Waals surface area (Å²) in [5, 5.41) is 4.61. The normalized spacial score (nSPS) is 10.5. The number of ether oxygens (including phenoxy) is 4. The van der Waals surface area contributed by atoms with Crippen molar-refractivity contribution in [1.29, 1.82) is 0 Å². The first-order valence-electron chi connectivity index (χ1n) is 9.54. The third-order valence-electron chi connectivity index (χ3n) is 4.60. The predicted molar refractivity (Wildman–Crippen MR) is 129 cm³/mol. The molecule has 0 unspecified atom stereocenters. The zero-order valence-corrected chi connectivity index (χ0v) is 21.2. The lowest BCUT2D eigenvalue weighted by molar-refractivity contribution is 0.0549. The predicted octanol–water partition coefficient (Wildman–Crippen LogP) is 5.21. The molecular weight excluding hydrogens is 560 g/mol. The zero-order valence-electron chi connectivity index (χ0n) is 18.1. The van der Waals surface area contributed by atoms with E-state index in [-0.39, 0.29) is 23.6 Å². The van der Waals surface area contributed by atoms with Crippen molar-refractivity contribution in [3.63, 3.8) is 0 Å². The maximum atomic E-state index is 12.9. The van der Waals surface area contributed by atoms with E-state index in [9.17, 15) is 9.59 Å². The van der Waals surface area contributed by atoms with Crippen molar-refractivity contribution in [3.05, 3.63) is 69.3 Å². The molecule has 33 heavy (non-hydrogen) atoms. The Morgan fingerprint density at radius 2 is 1.73 bits per heavy atom. The first-order valence-corrected chi connectivity index (χ1v) is 11.1. The largest absolute Gasteiger partial charge is 0.493 e. The van der Waals surface area contributed by atoms with E-state index in [4.69, 9.17) is 18.9 Å². The van der Waals surface area contributed by atoms with Crippen molar-refractivity contribution in [3.8, 4) is 28.4 Å². The second-order valence-corrected chi connectivity index (χ2v) is 8.07. The summed E-state index contributed by atoms with van der Waals surface area (Å²) in [5.74, 6) is -0.678. The van der Waals surface area contributed by atoms with Crippen molar-refractivity contribution in [2.24, 2.45) is 0 Å². The molecule has 8 nitrogen and oxygen atoms in total. The number of nitrogens with zero attached hydrogens (tertiary/aromatic N) is 2. The molecule has 0 aliphatic carbocycles. The maximum absolute atomic E-state index is 12.9. The van der Waals surface area contributed by atoms with Gasteiger partial charge in [0.2, 0.25) is 0 Å². The quantitative estimate of drug-likeness (QED) is 0.267. The van der Waals surface area contributed by atoms with Crippen LogP contribution in [0.4, 0.5) is 0 Å². The highest BCUT2D eigenvalue weighted by Crippen LogP contribution is 2.47. The highest BCUT2D eigenvalue weighted by atomic mass is 79.9. The SMILES string of the molecule is C=CCOc1c(OC)cc(-c2nn(-c3ccccc3)c(C(=O)OC)c2C(=O)OC)c(Br)c1Br. The van der Waals surface area contributed by atoms with Gasteiger partial charge in [0.25, 0.3) is 0 Å². The highest BCUT2D eigenvalue weighted by molar-refractivity contribution is 9.13. The van der Waals surface area contributed by atoms with Gasteiger partial charge in [0.15, 0.2) is 17.2 Å². The van der Waals surface area contributed by atoms with E-state index in [2.05, 4.69) is 43.5 Å². The van der Waals surface area contributed by atoms with Gasteiger partial charge in [-0.1, -0.05) is 30.9 Å². The van der Waals surface area contributed by atoms with Gasteiger partial charge in [0, 0.05) is 10.0 Å². The van der Waals surface area contributed by atoms with Crippen molar-refractivity contribution < 1.29 is 28.5 Å². The van der Waals surface area contributed by atoms with Crippen LogP contribution in [0.1, 0.15) is 20.8 Å². The fourth-order valence-corrected chi connectivity index (χ4v) is 4.14. The van der Waals surface area contributed by atoms with E-state index in [1.165, 1.54) is 26.0 Å². The molecule has 2 aromatic carbocycles. The fraction of sp³-hybridized carbons (Fsp3) is 0.174. The monoisotopic (exact) mass is 578 g/mol. The molecule has 1 heterocycles. The van der Waals surface area contributed by atoms with Gasteiger partial charge in [0.1, 0.15) is 17.9 Å². The van der Waals surface area contributed by atoms with Gasteiger partial charge in [-0.15, -0.1) is 0 Å². The van der Waals surface area contributed by atoms with Crippen molar-refractivity contribution in [2.45, 2.75) is 0 Å². The average molecular weight is 580 g/mol. The molecule has 0 saturated heterocycles. The minimum atomic E-state index is -0.749. The summed E-state index contributed by atoms with van der Waals surface area (Å²) < 4.78 is 23.6. The highest BCUT2D eigenvalue weighted by Gasteiger charge is 2.33. The Labute approximate surface area is 207 Å². The fourth-order valence-electron chi connectivity index (χ4n) is 3.13. The molecule has 0 N–H and O–H groups in total. The molecule has 0 spiro atoms. The van der Waals surface area contributed by atoms with Crippen molar-refractivity contribution in [1.82, 2.24) is 9.78 Å². The molecule has 172 valence electrons. The lowest BCUT2D eigenvalue weighted by Gasteiger charge is -2.15. The van der Waals surface area contributed by atoms with E-state index in [1.807, 2.05) is 6.07 Å².